The van der Waals surface area contributed by atoms with E-state index in [0.717, 1.165) is 67.6 Å². The van der Waals surface area contributed by atoms with Crippen LogP contribution in [0.15, 0.2) is 376 Å². The van der Waals surface area contributed by atoms with Gasteiger partial charge < -0.3 is 18.9 Å². The van der Waals surface area contributed by atoms with Crippen molar-refractivity contribution in [3.63, 3.8) is 0 Å². The lowest BCUT2D eigenvalue weighted by atomic mass is 9.95. The summed E-state index contributed by atoms with van der Waals surface area (Å²) in [4.78, 5) is 4.75. The Labute approximate surface area is 568 Å². The van der Waals surface area contributed by atoms with Gasteiger partial charge in [-0.3, -0.25) is 0 Å². The zero-order chi connectivity index (χ0) is 64.6. The smallest absolute Gasteiger partial charge is 0.0541 e. The van der Waals surface area contributed by atoms with E-state index in [-0.39, 0.29) is 0 Å². The van der Waals surface area contributed by atoms with Crippen LogP contribution in [0.3, 0.4) is 0 Å². The number of aromatic nitrogens is 2. The summed E-state index contributed by atoms with van der Waals surface area (Å²) < 4.78 is 4.89. The fraction of sp³-hybridized carbons (Fsp3) is 0. The van der Waals surface area contributed by atoms with Gasteiger partial charge in [-0.2, -0.15) is 0 Å². The van der Waals surface area contributed by atoms with Gasteiger partial charge in [-0.05, 0) is 227 Å². The van der Waals surface area contributed by atoms with E-state index in [1.54, 1.807) is 0 Å². The van der Waals surface area contributed by atoms with E-state index in [9.17, 15) is 0 Å². The Kier molecular flexibility index (Phi) is 13.5. The van der Waals surface area contributed by atoms with Crippen molar-refractivity contribution >= 4 is 121 Å². The third kappa shape index (κ3) is 9.60. The first kappa shape index (κ1) is 56.5. The van der Waals surface area contributed by atoms with E-state index in [0.29, 0.717) is 0 Å². The minimum atomic E-state index is 1.04. The summed E-state index contributed by atoms with van der Waals surface area (Å²) in [6, 6.07) is 138. The molecule has 0 amide bonds. The normalized spacial score (nSPS) is 11.7. The fourth-order valence-corrected chi connectivity index (χ4v) is 15.5. The maximum atomic E-state index is 2.44. The minimum absolute atomic E-state index is 1.04. The predicted molar refractivity (Wildman–Crippen MR) is 416 cm³/mol. The fourth-order valence-electron chi connectivity index (χ4n) is 15.5. The zero-order valence-corrected chi connectivity index (χ0v) is 53.6. The van der Waals surface area contributed by atoms with Crippen LogP contribution < -0.4 is 9.80 Å². The van der Waals surface area contributed by atoms with E-state index in [1.165, 1.54) is 109 Å². The van der Waals surface area contributed by atoms with Crippen LogP contribution in [0.25, 0.3) is 143 Å². The molecule has 17 aromatic carbocycles. The van der Waals surface area contributed by atoms with Gasteiger partial charge in [-0.1, -0.05) is 237 Å². The summed E-state index contributed by atoms with van der Waals surface area (Å²) in [6.07, 6.45) is 0. The predicted octanol–water partition coefficient (Wildman–Crippen LogP) is 26.1. The molecule has 0 unspecified atom stereocenters. The molecule has 0 aliphatic rings. The lowest BCUT2D eigenvalue weighted by Crippen LogP contribution is -2.13. The molecular formula is C94H62N4. The number of hydrogen-bond acceptors (Lipinski definition) is 2. The van der Waals surface area contributed by atoms with Crippen LogP contribution in [0.2, 0.25) is 0 Å². The van der Waals surface area contributed by atoms with Crippen LogP contribution in [-0.4, -0.2) is 9.13 Å². The van der Waals surface area contributed by atoms with Crippen molar-refractivity contribution in [2.24, 2.45) is 0 Å². The average molecular weight is 1250 g/mol. The van der Waals surface area contributed by atoms with Gasteiger partial charge in [0.25, 0.3) is 0 Å². The van der Waals surface area contributed by atoms with Gasteiger partial charge in [0.15, 0.2) is 0 Å². The minimum Gasteiger partial charge on any atom is -0.310 e. The zero-order valence-electron chi connectivity index (χ0n) is 53.6. The Bertz CT molecular complexity index is 5620. The number of anilines is 6. The molecule has 0 spiro atoms. The Morgan fingerprint density at radius 1 is 0.163 bits per heavy atom. The summed E-state index contributed by atoms with van der Waals surface area (Å²) in [5.41, 5.74) is 22.8. The van der Waals surface area contributed by atoms with Gasteiger partial charge >= 0.3 is 0 Å². The van der Waals surface area contributed by atoms with E-state index >= 15 is 0 Å². The van der Waals surface area contributed by atoms with Crippen molar-refractivity contribution in [2.45, 2.75) is 0 Å². The van der Waals surface area contributed by atoms with Gasteiger partial charge in [0.1, 0.15) is 0 Å². The van der Waals surface area contributed by atoms with Crippen LogP contribution in [0, 0.1) is 0 Å². The SMILES string of the molecule is c1ccc(N(c2ccc(-n3c4ccc(-c5cccc6ccccc56)cc4c4cc(-c5cccc6ccccc56)ccc43)cc2)c2cccc(N(c3ccccc3)c3ccc(-n4c5ccc(-c6cccc7ccccc67)cc5c5cc(-c6cccc7ccccc67)ccc54)cc3)c2)cc1. The summed E-state index contributed by atoms with van der Waals surface area (Å²) >= 11 is 0. The second-order valence-corrected chi connectivity index (χ2v) is 25.6. The number of hydrogen-bond donors (Lipinski definition) is 0. The number of nitrogens with zero attached hydrogens (tertiary/aromatic N) is 4. The molecule has 2 aromatic heterocycles. The highest BCUT2D eigenvalue weighted by atomic mass is 15.2. The van der Waals surface area contributed by atoms with E-state index in [1.807, 2.05) is 0 Å². The van der Waals surface area contributed by atoms with Crippen molar-refractivity contribution in [1.29, 1.82) is 0 Å². The maximum Gasteiger partial charge on any atom is 0.0541 e. The Hall–Kier alpha value is -13.0. The molecule has 4 nitrogen and oxygen atoms in total. The standard InChI is InChI=1S/C94H62N4/c1-3-28-71(29-4-1)95(73-46-50-75(51-47-73)97-91-54-42-67(83-38-15-24-63-20-7-11-34-79(63)83)58-87(91)88-59-68(43-55-92(88)97)84-39-16-25-64-21-8-12-35-80(64)84)77-32-19-33-78(62-77)96(72-30-5-2-6-31-72)74-48-52-76(53-49-74)98-93-56-44-69(85-40-17-26-65-22-9-13-36-81(65)85)60-89(93)90-61-70(45-57-94(90)98)86-41-18-27-66-23-10-14-37-82(66)86/h1-62H. The van der Waals surface area contributed by atoms with Crippen molar-refractivity contribution in [3.05, 3.63) is 376 Å². The molecule has 0 bridgehead atoms. The molecule has 0 atom stereocenters. The van der Waals surface area contributed by atoms with Gasteiger partial charge in [-0.25, -0.2) is 0 Å². The molecule has 98 heavy (non-hydrogen) atoms. The molecule has 4 heteroatoms. The molecular weight excluding hydrogens is 1190 g/mol. The van der Waals surface area contributed by atoms with Crippen LogP contribution in [0.5, 0.6) is 0 Å². The largest absolute Gasteiger partial charge is 0.310 e. The maximum absolute atomic E-state index is 2.44. The molecule has 0 aliphatic heterocycles. The van der Waals surface area contributed by atoms with Gasteiger partial charge in [-0.15, -0.1) is 0 Å². The third-order valence-electron chi connectivity index (χ3n) is 20.0. The number of rotatable bonds is 12. The highest BCUT2D eigenvalue weighted by Crippen LogP contribution is 2.46. The van der Waals surface area contributed by atoms with E-state index in [4.69, 9.17) is 0 Å². The lowest BCUT2D eigenvalue weighted by molar-refractivity contribution is 1.17. The Morgan fingerprint density at radius 3 is 0.714 bits per heavy atom. The highest BCUT2D eigenvalue weighted by Gasteiger charge is 2.22. The van der Waals surface area contributed by atoms with E-state index < -0.39 is 0 Å². The van der Waals surface area contributed by atoms with Crippen LogP contribution in [-0.2, 0) is 0 Å². The van der Waals surface area contributed by atoms with Gasteiger partial charge in [0, 0.05) is 67.0 Å². The molecule has 0 fully saturated rings. The summed E-state index contributed by atoms with van der Waals surface area (Å²) in [5, 5.41) is 14.8. The molecule has 19 aromatic rings. The molecule has 0 aliphatic carbocycles. The molecule has 458 valence electrons. The van der Waals surface area contributed by atoms with Crippen LogP contribution in [0.4, 0.5) is 34.1 Å². The molecule has 19 rings (SSSR count). The van der Waals surface area contributed by atoms with E-state index in [2.05, 4.69) is 395 Å². The molecule has 2 heterocycles. The van der Waals surface area contributed by atoms with Crippen molar-refractivity contribution in [2.75, 3.05) is 9.80 Å². The molecule has 0 radical (unpaired) electrons. The highest BCUT2D eigenvalue weighted by molar-refractivity contribution is 6.15. The molecule has 0 saturated carbocycles. The second kappa shape index (κ2) is 23.5. The second-order valence-electron chi connectivity index (χ2n) is 25.6. The summed E-state index contributed by atoms with van der Waals surface area (Å²) in [6.45, 7) is 0. The van der Waals surface area contributed by atoms with Crippen LogP contribution in [0.1, 0.15) is 0 Å². The van der Waals surface area contributed by atoms with Crippen molar-refractivity contribution in [3.8, 4) is 55.9 Å². The number of fused-ring (bicyclic) bond motifs is 10. The number of para-hydroxylation sites is 2. The summed E-state index contributed by atoms with van der Waals surface area (Å²) in [5.74, 6) is 0. The topological polar surface area (TPSA) is 16.3 Å². The lowest BCUT2D eigenvalue weighted by Gasteiger charge is -2.29. The Balaban J connectivity index is 0.708. The molecule has 0 N–H and O–H groups in total. The Morgan fingerprint density at radius 2 is 0.408 bits per heavy atom. The van der Waals surface area contributed by atoms with Crippen molar-refractivity contribution in [1.82, 2.24) is 9.13 Å². The van der Waals surface area contributed by atoms with Crippen molar-refractivity contribution < 1.29 is 0 Å². The number of benzene rings is 17. The first-order valence-electron chi connectivity index (χ1n) is 33.7. The summed E-state index contributed by atoms with van der Waals surface area (Å²) in [7, 11) is 0. The average Bonchev–Trinajstić information content (AvgIpc) is 1.58. The monoisotopic (exact) mass is 1250 g/mol. The third-order valence-corrected chi connectivity index (χ3v) is 20.0. The first-order valence-corrected chi connectivity index (χ1v) is 33.7. The quantitative estimate of drug-likeness (QED) is 0.121. The molecule has 0 saturated heterocycles. The first-order chi connectivity index (χ1) is 48.6. The van der Waals surface area contributed by atoms with Gasteiger partial charge in [0.2, 0.25) is 0 Å². The van der Waals surface area contributed by atoms with Gasteiger partial charge in [0.05, 0.1) is 22.1 Å². The van der Waals surface area contributed by atoms with Crippen LogP contribution >= 0.6 is 0 Å².